The monoisotopic (exact) mass is 484 g/mol. The number of hydrogen-bond acceptors (Lipinski definition) is 6. The van der Waals surface area contributed by atoms with E-state index in [4.69, 9.17) is 5.73 Å². The Labute approximate surface area is 208 Å². The van der Waals surface area contributed by atoms with Crippen molar-refractivity contribution in [3.8, 4) is 0 Å². The maximum Gasteiger partial charge on any atom is 0.257 e. The molecule has 35 heavy (non-hydrogen) atoms. The van der Waals surface area contributed by atoms with Crippen LogP contribution >= 0.6 is 0 Å². The predicted molar refractivity (Wildman–Crippen MR) is 134 cm³/mol. The van der Waals surface area contributed by atoms with Crippen molar-refractivity contribution in [1.82, 2.24) is 25.0 Å². The summed E-state index contributed by atoms with van der Waals surface area (Å²) in [6, 6.07) is 2.13. The molecule has 3 amide bonds. The van der Waals surface area contributed by atoms with Gasteiger partial charge in [-0.05, 0) is 62.2 Å². The molecule has 9 nitrogen and oxygen atoms in total. The maximum atomic E-state index is 13.9. The molecule has 1 aromatic heterocycles. The number of nitrogens with one attached hydrogen (secondary N) is 1. The average Bonchev–Trinajstić information content (AvgIpc) is 3.10. The second-order valence-corrected chi connectivity index (χ2v) is 10.8. The summed E-state index contributed by atoms with van der Waals surface area (Å²) in [5.41, 5.74) is 6.15. The Morgan fingerprint density at radius 1 is 1.17 bits per heavy atom. The highest BCUT2D eigenvalue weighted by Gasteiger charge is 2.57. The first kappa shape index (κ1) is 25.4. The van der Waals surface area contributed by atoms with Crippen molar-refractivity contribution < 1.29 is 14.4 Å². The van der Waals surface area contributed by atoms with Crippen LogP contribution in [0.5, 0.6) is 0 Å². The molecule has 192 valence electrons. The highest BCUT2D eigenvalue weighted by molar-refractivity contribution is 6.01. The summed E-state index contributed by atoms with van der Waals surface area (Å²) in [7, 11) is 0. The molecule has 2 unspecified atom stereocenters. The van der Waals surface area contributed by atoms with Crippen molar-refractivity contribution in [2.45, 2.75) is 71.6 Å². The third-order valence-electron chi connectivity index (χ3n) is 7.85. The molecule has 9 heteroatoms. The van der Waals surface area contributed by atoms with E-state index in [1.165, 1.54) is 6.20 Å². The first-order chi connectivity index (χ1) is 16.7. The number of nitrogens with zero attached hydrogens (tertiary/aromatic N) is 4. The summed E-state index contributed by atoms with van der Waals surface area (Å²) in [5.74, 6) is 0.662. The fraction of sp³-hybridized carbons (Fsp3) is 0.692. The van der Waals surface area contributed by atoms with E-state index < -0.39 is 18.2 Å². The van der Waals surface area contributed by atoms with Crippen molar-refractivity contribution >= 4 is 23.5 Å². The van der Waals surface area contributed by atoms with Gasteiger partial charge in [-0.2, -0.15) is 0 Å². The molecule has 0 bridgehead atoms. The third kappa shape index (κ3) is 5.01. The molecule has 0 radical (unpaired) electrons. The Bertz CT molecular complexity index is 930. The molecular weight excluding hydrogens is 444 g/mol. The van der Waals surface area contributed by atoms with Gasteiger partial charge in [0.15, 0.2) is 0 Å². The number of fused-ring (bicyclic) bond motifs is 1. The number of hydrogen-bond donors (Lipinski definition) is 2. The molecule has 0 aromatic carbocycles. The normalized spacial score (nSPS) is 26.4. The summed E-state index contributed by atoms with van der Waals surface area (Å²) < 4.78 is 0. The van der Waals surface area contributed by atoms with Gasteiger partial charge < -0.3 is 25.8 Å². The van der Waals surface area contributed by atoms with Gasteiger partial charge in [0.1, 0.15) is 24.1 Å². The second-order valence-electron chi connectivity index (χ2n) is 10.8. The molecule has 3 fully saturated rings. The summed E-state index contributed by atoms with van der Waals surface area (Å²) >= 11 is 0. The molecule has 0 spiro atoms. The lowest BCUT2D eigenvalue weighted by Gasteiger charge is -2.47. The smallest absolute Gasteiger partial charge is 0.257 e. The van der Waals surface area contributed by atoms with E-state index in [1.54, 1.807) is 21.9 Å². The number of anilines is 1. The van der Waals surface area contributed by atoms with Crippen LogP contribution in [0.4, 0.5) is 5.82 Å². The Morgan fingerprint density at radius 2 is 1.89 bits per heavy atom. The highest BCUT2D eigenvalue weighted by atomic mass is 16.2. The van der Waals surface area contributed by atoms with Gasteiger partial charge in [0.25, 0.3) is 5.91 Å². The maximum absolute atomic E-state index is 13.9. The SMILES string of the molecule is CCC(C)[C@H]1C(=O)N(CC2CCNCC2)CC2N1C(=O)[C@H](CC(C)C)N2C(=O)c1ccc(N)nc1. The Hall–Kier alpha value is -2.68. The number of amides is 3. The van der Waals surface area contributed by atoms with Crippen LogP contribution in [0.2, 0.25) is 0 Å². The van der Waals surface area contributed by atoms with Crippen molar-refractivity contribution in [3.63, 3.8) is 0 Å². The number of piperazine rings is 1. The van der Waals surface area contributed by atoms with Gasteiger partial charge in [-0.25, -0.2) is 4.98 Å². The van der Waals surface area contributed by atoms with Crippen LogP contribution in [-0.4, -0.2) is 81.8 Å². The van der Waals surface area contributed by atoms with E-state index in [-0.39, 0.29) is 29.6 Å². The molecule has 3 aliphatic heterocycles. The van der Waals surface area contributed by atoms with Gasteiger partial charge in [-0.3, -0.25) is 14.4 Å². The Kier molecular flexibility index (Phi) is 7.64. The van der Waals surface area contributed by atoms with E-state index in [0.717, 1.165) is 32.4 Å². The number of carbonyl (C=O) groups excluding carboxylic acids is 3. The number of nitrogen functional groups attached to an aromatic ring is 1. The zero-order valence-corrected chi connectivity index (χ0v) is 21.4. The van der Waals surface area contributed by atoms with Crippen molar-refractivity contribution in [2.24, 2.45) is 17.8 Å². The molecule has 4 heterocycles. The first-order valence-electron chi connectivity index (χ1n) is 13.1. The molecule has 1 aromatic rings. The van der Waals surface area contributed by atoms with E-state index in [0.29, 0.717) is 36.8 Å². The van der Waals surface area contributed by atoms with Gasteiger partial charge in [-0.1, -0.05) is 34.1 Å². The Morgan fingerprint density at radius 3 is 2.49 bits per heavy atom. The van der Waals surface area contributed by atoms with Crippen LogP contribution in [0.1, 0.15) is 63.7 Å². The number of piperidine rings is 1. The van der Waals surface area contributed by atoms with Crippen LogP contribution < -0.4 is 11.1 Å². The zero-order valence-electron chi connectivity index (χ0n) is 21.4. The molecular formula is C26H40N6O3. The lowest BCUT2D eigenvalue weighted by molar-refractivity contribution is -0.156. The highest BCUT2D eigenvalue weighted by Crippen LogP contribution is 2.37. The number of aromatic nitrogens is 1. The van der Waals surface area contributed by atoms with E-state index >= 15 is 0 Å². The van der Waals surface area contributed by atoms with Crippen LogP contribution in [-0.2, 0) is 9.59 Å². The number of carbonyl (C=O) groups is 3. The van der Waals surface area contributed by atoms with Crippen LogP contribution in [0.25, 0.3) is 0 Å². The molecule has 3 N–H and O–H groups in total. The van der Waals surface area contributed by atoms with Gasteiger partial charge in [-0.15, -0.1) is 0 Å². The standard InChI is InChI=1S/C26H40N6O3/c1-5-17(4)23-26(35)30(14-18-8-10-28-11-9-18)15-22-31(20(12-16(2)3)25(34)32(22)23)24(33)19-6-7-21(27)29-13-19/h6-7,13,16-18,20,22-23,28H,5,8-12,14-15H2,1-4H3,(H2,27,29)/t17?,20-,22?,23-/m0/s1. The molecule has 3 saturated heterocycles. The lowest BCUT2D eigenvalue weighted by atomic mass is 9.91. The largest absolute Gasteiger partial charge is 0.384 e. The van der Waals surface area contributed by atoms with Gasteiger partial charge >= 0.3 is 0 Å². The predicted octanol–water partition coefficient (Wildman–Crippen LogP) is 1.95. The van der Waals surface area contributed by atoms with Crippen molar-refractivity contribution in [2.75, 3.05) is 31.9 Å². The summed E-state index contributed by atoms with van der Waals surface area (Å²) in [5, 5.41) is 3.39. The van der Waals surface area contributed by atoms with Crippen LogP contribution in [0.15, 0.2) is 18.3 Å². The van der Waals surface area contributed by atoms with Gasteiger partial charge in [0.05, 0.1) is 12.1 Å². The van der Waals surface area contributed by atoms with Crippen LogP contribution in [0, 0.1) is 17.8 Å². The van der Waals surface area contributed by atoms with Crippen molar-refractivity contribution in [3.05, 3.63) is 23.9 Å². The van der Waals surface area contributed by atoms with E-state index in [1.807, 2.05) is 18.7 Å². The number of nitrogens with two attached hydrogens (primary N) is 1. The first-order valence-corrected chi connectivity index (χ1v) is 13.1. The minimum Gasteiger partial charge on any atom is -0.384 e. The van der Waals surface area contributed by atoms with E-state index in [9.17, 15) is 14.4 Å². The van der Waals surface area contributed by atoms with Gasteiger partial charge in [0.2, 0.25) is 11.8 Å². The lowest BCUT2D eigenvalue weighted by Crippen LogP contribution is -2.65. The summed E-state index contributed by atoms with van der Waals surface area (Å²) in [4.78, 5) is 51.0. The summed E-state index contributed by atoms with van der Waals surface area (Å²) in [6.45, 7) is 11.1. The minimum absolute atomic E-state index is 0.00212. The zero-order chi connectivity index (χ0) is 25.3. The van der Waals surface area contributed by atoms with Crippen molar-refractivity contribution in [1.29, 1.82) is 0 Å². The van der Waals surface area contributed by atoms with Crippen LogP contribution in [0.3, 0.4) is 0 Å². The minimum atomic E-state index is -0.594. The molecule has 4 atom stereocenters. The Balaban J connectivity index is 1.71. The third-order valence-corrected chi connectivity index (χ3v) is 7.85. The molecule has 0 saturated carbocycles. The fourth-order valence-corrected chi connectivity index (χ4v) is 5.77. The average molecular weight is 485 g/mol. The summed E-state index contributed by atoms with van der Waals surface area (Å²) in [6.07, 6.45) is 4.38. The van der Waals surface area contributed by atoms with Gasteiger partial charge in [0, 0.05) is 12.7 Å². The van der Waals surface area contributed by atoms with E-state index in [2.05, 4.69) is 24.1 Å². The fourth-order valence-electron chi connectivity index (χ4n) is 5.77. The molecule has 0 aliphatic carbocycles. The quantitative estimate of drug-likeness (QED) is 0.612. The number of rotatable bonds is 7. The topological polar surface area (TPSA) is 112 Å². The molecule has 4 rings (SSSR count). The number of pyridine rings is 1. The molecule has 3 aliphatic rings. The second kappa shape index (κ2) is 10.5.